The van der Waals surface area contributed by atoms with Gasteiger partial charge in [0.1, 0.15) is 0 Å². The van der Waals surface area contributed by atoms with Gasteiger partial charge in [-0.1, -0.05) is 0 Å². The lowest BCUT2D eigenvalue weighted by atomic mass is 9.95. The zero-order valence-corrected chi connectivity index (χ0v) is 15.9. The van der Waals surface area contributed by atoms with Crippen LogP contribution in [-0.4, -0.2) is 33.9 Å². The highest BCUT2D eigenvalue weighted by Gasteiger charge is 2.27. The predicted molar refractivity (Wildman–Crippen MR) is 101 cm³/mol. The molecule has 6 heteroatoms. The molecule has 2 heterocycles. The average Bonchev–Trinajstić information content (AvgIpc) is 2.70. The van der Waals surface area contributed by atoms with Crippen molar-refractivity contribution < 1.29 is 29.0 Å². The van der Waals surface area contributed by atoms with Crippen LogP contribution in [0.5, 0.6) is 23.0 Å². The van der Waals surface area contributed by atoms with Crippen LogP contribution in [0, 0.1) is 0 Å². The Hall–Kier alpha value is -2.99. The van der Waals surface area contributed by atoms with Crippen LogP contribution in [0.3, 0.4) is 0 Å². The molecule has 1 aliphatic rings. The molecule has 0 amide bonds. The van der Waals surface area contributed by atoms with Crippen LogP contribution in [0.1, 0.15) is 5.56 Å². The first-order chi connectivity index (χ1) is 12.7. The highest BCUT2D eigenvalue weighted by atomic mass is 16.5. The predicted octanol–water partition coefficient (Wildman–Crippen LogP) is 3.21. The summed E-state index contributed by atoms with van der Waals surface area (Å²) >= 11 is 0. The van der Waals surface area contributed by atoms with Crippen LogP contribution in [0.25, 0.3) is 22.0 Å². The molecule has 0 spiro atoms. The first-order valence-electron chi connectivity index (χ1n) is 8.53. The fourth-order valence-corrected chi connectivity index (χ4v) is 3.71. The Morgan fingerprint density at radius 1 is 0.815 bits per heavy atom. The third-order valence-electron chi connectivity index (χ3n) is 5.01. The average molecular weight is 369 g/mol. The molecule has 142 valence electrons. The second-order valence-corrected chi connectivity index (χ2v) is 6.27. The summed E-state index contributed by atoms with van der Waals surface area (Å²) in [4.78, 5) is 0. The minimum atomic E-state index is 0. The molecule has 0 atom stereocenters. The quantitative estimate of drug-likeness (QED) is 0.661. The van der Waals surface area contributed by atoms with Crippen LogP contribution in [0.4, 0.5) is 0 Å². The van der Waals surface area contributed by atoms with E-state index in [-0.39, 0.29) is 5.48 Å². The lowest BCUT2D eigenvalue weighted by Crippen LogP contribution is -2.40. The second-order valence-electron chi connectivity index (χ2n) is 6.27. The van der Waals surface area contributed by atoms with Crippen molar-refractivity contribution in [3.05, 3.63) is 42.1 Å². The minimum Gasteiger partial charge on any atom is -0.870 e. The van der Waals surface area contributed by atoms with Crippen LogP contribution in [-0.2, 0) is 13.0 Å². The molecule has 0 unspecified atom stereocenters. The Kier molecular flexibility index (Phi) is 5.10. The van der Waals surface area contributed by atoms with Gasteiger partial charge in [0.05, 0.1) is 39.4 Å². The van der Waals surface area contributed by atoms with Gasteiger partial charge < -0.3 is 24.4 Å². The van der Waals surface area contributed by atoms with E-state index in [2.05, 4.69) is 35.0 Å². The van der Waals surface area contributed by atoms with E-state index in [1.165, 1.54) is 11.1 Å². The molecule has 4 rings (SSSR count). The number of pyridine rings is 1. The van der Waals surface area contributed by atoms with E-state index >= 15 is 0 Å². The third-order valence-corrected chi connectivity index (χ3v) is 5.01. The van der Waals surface area contributed by atoms with Crippen molar-refractivity contribution in [1.29, 1.82) is 0 Å². The Labute approximate surface area is 158 Å². The van der Waals surface area contributed by atoms with E-state index in [1.54, 1.807) is 28.4 Å². The summed E-state index contributed by atoms with van der Waals surface area (Å²) in [6.45, 7) is 0.897. The largest absolute Gasteiger partial charge is 0.870 e. The maximum atomic E-state index is 5.60. The van der Waals surface area contributed by atoms with Gasteiger partial charge in [-0.05, 0) is 35.2 Å². The molecule has 1 aromatic heterocycles. The van der Waals surface area contributed by atoms with Gasteiger partial charge in [-0.25, -0.2) is 0 Å². The van der Waals surface area contributed by atoms with E-state index in [0.717, 1.165) is 52.4 Å². The van der Waals surface area contributed by atoms with Crippen LogP contribution in [0.2, 0.25) is 0 Å². The Morgan fingerprint density at radius 2 is 1.52 bits per heavy atom. The molecule has 0 saturated heterocycles. The van der Waals surface area contributed by atoms with Gasteiger partial charge in [-0.2, -0.15) is 4.57 Å². The zero-order valence-electron chi connectivity index (χ0n) is 15.9. The van der Waals surface area contributed by atoms with E-state index in [9.17, 15) is 0 Å². The standard InChI is InChI=1S/C21H22NO4.H2O/c1-23-18-6-5-13-9-17-15-11-20(25-3)19(24-2)10-14(15)7-8-22(17)12-16(13)21(18)26-4;/h5-6,9-12H,7-8H2,1-4H3;1H2/q+1;/p-1. The summed E-state index contributed by atoms with van der Waals surface area (Å²) in [5, 5.41) is 2.15. The number of hydrogen-bond acceptors (Lipinski definition) is 5. The van der Waals surface area contributed by atoms with Crippen molar-refractivity contribution in [2.45, 2.75) is 13.0 Å². The Bertz CT molecular complexity index is 1000. The van der Waals surface area contributed by atoms with Crippen LogP contribution in [0.15, 0.2) is 36.5 Å². The molecule has 0 radical (unpaired) electrons. The van der Waals surface area contributed by atoms with Crippen molar-refractivity contribution >= 4 is 10.8 Å². The number of fused-ring (bicyclic) bond motifs is 4. The number of ether oxygens (including phenoxy) is 4. The van der Waals surface area contributed by atoms with E-state index in [1.807, 2.05) is 6.07 Å². The van der Waals surface area contributed by atoms with Crippen molar-refractivity contribution in [2.75, 3.05) is 28.4 Å². The lowest BCUT2D eigenvalue weighted by Gasteiger charge is -2.19. The molecule has 0 bridgehead atoms. The Balaban J connectivity index is 0.00000210. The van der Waals surface area contributed by atoms with Gasteiger partial charge in [0.2, 0.25) is 5.69 Å². The molecular weight excluding hydrogens is 346 g/mol. The molecule has 6 nitrogen and oxygen atoms in total. The van der Waals surface area contributed by atoms with Crippen molar-refractivity contribution in [3.63, 3.8) is 0 Å². The molecular formula is C21H23NO5. The number of aryl methyl sites for hydroxylation is 2. The molecule has 27 heavy (non-hydrogen) atoms. The Morgan fingerprint density at radius 3 is 2.19 bits per heavy atom. The highest BCUT2D eigenvalue weighted by Crippen LogP contribution is 2.39. The first-order valence-corrected chi connectivity index (χ1v) is 8.53. The second kappa shape index (κ2) is 7.32. The van der Waals surface area contributed by atoms with Crippen LogP contribution < -0.4 is 23.5 Å². The van der Waals surface area contributed by atoms with Gasteiger partial charge in [-0.15, -0.1) is 0 Å². The summed E-state index contributed by atoms with van der Waals surface area (Å²) in [7, 11) is 6.67. The molecule has 0 saturated carbocycles. The monoisotopic (exact) mass is 369 g/mol. The van der Waals surface area contributed by atoms with Gasteiger partial charge in [0.25, 0.3) is 0 Å². The molecule has 0 fully saturated rings. The normalized spacial score (nSPS) is 11.9. The summed E-state index contributed by atoms with van der Waals surface area (Å²) in [6.07, 6.45) is 3.08. The SMILES string of the molecule is COc1cc2c(cc1OC)-c1cc3ccc(OC)c(OC)c3c[n+]1CC2.[OH-]. The van der Waals surface area contributed by atoms with Crippen LogP contribution >= 0.6 is 0 Å². The molecule has 0 aliphatic carbocycles. The zero-order chi connectivity index (χ0) is 18.3. The van der Waals surface area contributed by atoms with E-state index < -0.39 is 0 Å². The summed E-state index contributed by atoms with van der Waals surface area (Å²) in [6, 6.07) is 10.3. The molecule has 1 aliphatic heterocycles. The van der Waals surface area contributed by atoms with Gasteiger partial charge in [0.15, 0.2) is 35.7 Å². The topological polar surface area (TPSA) is 70.8 Å². The molecule has 1 N–H and O–H groups in total. The number of rotatable bonds is 4. The smallest absolute Gasteiger partial charge is 0.213 e. The van der Waals surface area contributed by atoms with Gasteiger partial charge in [0, 0.05) is 12.5 Å². The third kappa shape index (κ3) is 2.92. The van der Waals surface area contributed by atoms with Gasteiger partial charge >= 0.3 is 0 Å². The number of nitrogens with zero attached hydrogens (tertiary/aromatic N) is 1. The summed E-state index contributed by atoms with van der Waals surface area (Å²) in [5.41, 5.74) is 3.60. The maximum Gasteiger partial charge on any atom is 0.213 e. The first kappa shape index (κ1) is 18.8. The van der Waals surface area contributed by atoms with E-state index in [4.69, 9.17) is 18.9 Å². The fraction of sp³-hybridized carbons (Fsp3) is 0.286. The number of aromatic nitrogens is 1. The number of methoxy groups -OCH3 is 4. The molecule has 2 aromatic carbocycles. The number of benzene rings is 2. The molecule has 3 aromatic rings. The van der Waals surface area contributed by atoms with Gasteiger partial charge in [-0.3, -0.25) is 0 Å². The summed E-state index contributed by atoms with van der Waals surface area (Å²) < 4.78 is 24.3. The fourth-order valence-electron chi connectivity index (χ4n) is 3.71. The lowest BCUT2D eigenvalue weighted by molar-refractivity contribution is -0.686. The van der Waals surface area contributed by atoms with Crippen molar-refractivity contribution in [1.82, 2.24) is 0 Å². The van der Waals surface area contributed by atoms with E-state index in [0.29, 0.717) is 0 Å². The minimum absolute atomic E-state index is 0. The maximum absolute atomic E-state index is 5.60. The number of hydrogen-bond donors (Lipinski definition) is 0. The van der Waals surface area contributed by atoms with Crippen molar-refractivity contribution in [2.24, 2.45) is 0 Å². The summed E-state index contributed by atoms with van der Waals surface area (Å²) in [5.74, 6) is 3.01. The highest BCUT2D eigenvalue weighted by molar-refractivity contribution is 5.91. The van der Waals surface area contributed by atoms with Crippen molar-refractivity contribution in [3.8, 4) is 34.3 Å².